The summed E-state index contributed by atoms with van der Waals surface area (Å²) in [5, 5.41) is 8.13. The molecule has 1 aliphatic rings. The zero-order valence-corrected chi connectivity index (χ0v) is 22.3. The number of aromatic nitrogens is 2. The molecule has 0 aliphatic heterocycles. The van der Waals surface area contributed by atoms with E-state index >= 15 is 0 Å². The van der Waals surface area contributed by atoms with Crippen molar-refractivity contribution in [1.82, 2.24) is 10.2 Å². The van der Waals surface area contributed by atoms with E-state index in [0.717, 1.165) is 30.8 Å². The van der Waals surface area contributed by atoms with Crippen LogP contribution in [-0.2, 0) is 22.0 Å². The van der Waals surface area contributed by atoms with Crippen LogP contribution >= 0.6 is 0 Å². The molecule has 0 spiro atoms. The Kier molecular flexibility index (Phi) is 7.14. The Bertz CT molecular complexity index is 1170. The maximum Gasteiger partial charge on any atom is 0.396 e. The molecular formula is C27H34N2O5Si. The largest absolute Gasteiger partial charge is 0.462 e. The van der Waals surface area contributed by atoms with E-state index in [4.69, 9.17) is 18.3 Å². The fourth-order valence-corrected chi connectivity index (χ4v) is 5.35. The predicted octanol–water partition coefficient (Wildman–Crippen LogP) is 6.52. The van der Waals surface area contributed by atoms with Crippen LogP contribution in [-0.4, -0.2) is 31.6 Å². The van der Waals surface area contributed by atoms with Gasteiger partial charge in [0, 0.05) is 0 Å². The first-order chi connectivity index (χ1) is 16.6. The SMILES string of the molecule is COC(=O)c1nnc(C(O[Si](C)(C)C(C)(C)C)C2CCc3cc(Oc4ccccc4)ccc3C2)o1. The first-order valence-corrected chi connectivity index (χ1v) is 14.9. The maximum atomic E-state index is 11.9. The van der Waals surface area contributed by atoms with E-state index < -0.39 is 20.4 Å². The molecule has 0 N–H and O–H groups in total. The summed E-state index contributed by atoms with van der Waals surface area (Å²) >= 11 is 0. The number of fused-ring (bicyclic) bond motifs is 1. The van der Waals surface area contributed by atoms with Gasteiger partial charge in [-0.3, -0.25) is 0 Å². The first-order valence-electron chi connectivity index (χ1n) is 12.0. The van der Waals surface area contributed by atoms with Crippen LogP contribution < -0.4 is 4.74 Å². The number of aryl methyl sites for hydroxylation is 1. The van der Waals surface area contributed by atoms with E-state index in [0.29, 0.717) is 5.89 Å². The normalized spacial score (nSPS) is 16.9. The van der Waals surface area contributed by atoms with Gasteiger partial charge in [0.1, 0.15) is 17.6 Å². The number of nitrogens with zero attached hydrogens (tertiary/aromatic N) is 2. The van der Waals surface area contributed by atoms with Crippen molar-refractivity contribution in [1.29, 1.82) is 0 Å². The molecule has 4 rings (SSSR count). The summed E-state index contributed by atoms with van der Waals surface area (Å²) in [5.74, 6) is 1.35. The van der Waals surface area contributed by atoms with Crippen LogP contribution in [0.3, 0.4) is 0 Å². The molecule has 8 heteroatoms. The molecule has 0 bridgehead atoms. The number of carbonyl (C=O) groups is 1. The van der Waals surface area contributed by atoms with Crippen LogP contribution in [0.15, 0.2) is 52.9 Å². The second-order valence-electron chi connectivity index (χ2n) is 10.6. The third-order valence-corrected chi connectivity index (χ3v) is 11.6. The van der Waals surface area contributed by atoms with Crippen molar-refractivity contribution in [2.75, 3.05) is 7.11 Å². The molecule has 35 heavy (non-hydrogen) atoms. The Morgan fingerprint density at radius 3 is 2.49 bits per heavy atom. The van der Waals surface area contributed by atoms with Gasteiger partial charge in [0.15, 0.2) is 8.32 Å². The van der Waals surface area contributed by atoms with Gasteiger partial charge in [-0.15, -0.1) is 10.2 Å². The standard InChI is InChI=1S/C27H34N2O5Si/c1-27(2,3)35(5,6)34-23(24-28-29-25(33-24)26(30)31-4)20-13-12-19-17-22(15-14-18(19)16-20)32-21-10-8-7-9-11-21/h7-11,14-15,17,20,23H,12-13,16H2,1-6H3. The Morgan fingerprint density at radius 1 is 1.06 bits per heavy atom. The summed E-state index contributed by atoms with van der Waals surface area (Å²) in [6.45, 7) is 11.0. The minimum Gasteiger partial charge on any atom is -0.462 e. The third kappa shape index (κ3) is 5.65. The van der Waals surface area contributed by atoms with Gasteiger partial charge in [0.25, 0.3) is 0 Å². The number of ether oxygens (including phenoxy) is 2. The number of rotatable bonds is 7. The molecular weight excluding hydrogens is 460 g/mol. The Labute approximate surface area is 207 Å². The highest BCUT2D eigenvalue weighted by Gasteiger charge is 2.43. The second-order valence-corrected chi connectivity index (χ2v) is 15.3. The molecule has 1 heterocycles. The van der Waals surface area contributed by atoms with Gasteiger partial charge in [0.2, 0.25) is 5.89 Å². The van der Waals surface area contributed by atoms with Gasteiger partial charge in [-0.2, -0.15) is 0 Å². The van der Waals surface area contributed by atoms with Crippen molar-refractivity contribution in [2.24, 2.45) is 5.92 Å². The van der Waals surface area contributed by atoms with E-state index in [1.54, 1.807) is 0 Å². The van der Waals surface area contributed by atoms with Crippen LogP contribution in [0, 0.1) is 5.92 Å². The summed E-state index contributed by atoms with van der Waals surface area (Å²) in [7, 11) is -0.873. The molecule has 186 valence electrons. The van der Waals surface area contributed by atoms with Crippen molar-refractivity contribution in [3.05, 3.63) is 71.4 Å². The number of hydrogen-bond acceptors (Lipinski definition) is 7. The summed E-state index contributed by atoms with van der Waals surface area (Å²) in [6, 6.07) is 16.1. The van der Waals surface area contributed by atoms with Crippen LogP contribution in [0.2, 0.25) is 18.1 Å². The predicted molar refractivity (Wildman–Crippen MR) is 135 cm³/mol. The molecule has 1 aromatic heterocycles. The molecule has 0 saturated heterocycles. The molecule has 0 radical (unpaired) electrons. The number of carbonyl (C=O) groups excluding carboxylic acids is 1. The van der Waals surface area contributed by atoms with Gasteiger partial charge >= 0.3 is 11.9 Å². The maximum absolute atomic E-state index is 11.9. The minimum absolute atomic E-state index is 0.00665. The molecule has 0 fully saturated rings. The number of esters is 1. The first kappa shape index (κ1) is 25.1. The smallest absolute Gasteiger partial charge is 0.396 e. The van der Waals surface area contributed by atoms with Gasteiger partial charge < -0.3 is 18.3 Å². The lowest BCUT2D eigenvalue weighted by Crippen LogP contribution is -2.43. The van der Waals surface area contributed by atoms with E-state index in [1.807, 2.05) is 36.4 Å². The van der Waals surface area contributed by atoms with E-state index in [1.165, 1.54) is 18.2 Å². The third-order valence-electron chi connectivity index (χ3n) is 7.12. The Hall–Kier alpha value is -2.97. The quantitative estimate of drug-likeness (QED) is 0.273. The van der Waals surface area contributed by atoms with Crippen LogP contribution in [0.25, 0.3) is 0 Å². The van der Waals surface area contributed by atoms with Gasteiger partial charge in [0.05, 0.1) is 7.11 Å². The van der Waals surface area contributed by atoms with Crippen molar-refractivity contribution >= 4 is 14.3 Å². The van der Waals surface area contributed by atoms with Gasteiger partial charge in [-0.1, -0.05) is 45.0 Å². The van der Waals surface area contributed by atoms with Crippen LogP contribution in [0.1, 0.15) is 61.0 Å². The number of methoxy groups -OCH3 is 1. The molecule has 1 aliphatic carbocycles. The lowest BCUT2D eigenvalue weighted by atomic mass is 9.81. The van der Waals surface area contributed by atoms with Crippen molar-refractivity contribution in [2.45, 2.75) is 64.3 Å². The number of benzene rings is 2. The summed E-state index contributed by atoms with van der Waals surface area (Å²) in [6.07, 6.45) is 2.21. The number of para-hydroxylation sites is 1. The second kappa shape index (κ2) is 9.95. The molecule has 0 amide bonds. The highest BCUT2D eigenvalue weighted by molar-refractivity contribution is 6.74. The van der Waals surface area contributed by atoms with Crippen molar-refractivity contribution in [3.63, 3.8) is 0 Å². The van der Waals surface area contributed by atoms with Crippen LogP contribution in [0.5, 0.6) is 11.5 Å². The minimum atomic E-state index is -2.17. The molecule has 2 atom stereocenters. The zero-order valence-electron chi connectivity index (χ0n) is 21.3. The van der Waals surface area contributed by atoms with E-state index in [2.05, 4.69) is 56.2 Å². The zero-order chi connectivity index (χ0) is 25.2. The summed E-state index contributed by atoms with van der Waals surface area (Å²) in [4.78, 5) is 11.9. The molecule has 2 unspecified atom stereocenters. The molecule has 3 aromatic rings. The lowest BCUT2D eigenvalue weighted by molar-refractivity contribution is 0.0528. The fourth-order valence-electron chi connectivity index (χ4n) is 4.07. The van der Waals surface area contributed by atoms with Gasteiger partial charge in [-0.05, 0) is 78.7 Å². The van der Waals surface area contributed by atoms with Crippen LogP contribution in [0.4, 0.5) is 0 Å². The summed E-state index contributed by atoms with van der Waals surface area (Å²) in [5.41, 5.74) is 2.54. The summed E-state index contributed by atoms with van der Waals surface area (Å²) < 4.78 is 23.4. The Balaban J connectivity index is 1.59. The lowest BCUT2D eigenvalue weighted by Gasteiger charge is -2.41. The highest BCUT2D eigenvalue weighted by Crippen LogP contribution is 2.44. The van der Waals surface area contributed by atoms with Gasteiger partial charge in [-0.25, -0.2) is 4.79 Å². The average Bonchev–Trinajstić information content (AvgIpc) is 3.32. The monoisotopic (exact) mass is 494 g/mol. The highest BCUT2D eigenvalue weighted by atomic mass is 28.4. The van der Waals surface area contributed by atoms with Crippen molar-refractivity contribution < 1.29 is 23.1 Å². The van der Waals surface area contributed by atoms with Crippen molar-refractivity contribution in [3.8, 4) is 11.5 Å². The topological polar surface area (TPSA) is 83.7 Å². The average molecular weight is 495 g/mol. The number of hydrogen-bond donors (Lipinski definition) is 0. The van der Waals surface area contributed by atoms with E-state index in [-0.39, 0.29) is 16.8 Å². The Morgan fingerprint density at radius 2 is 1.80 bits per heavy atom. The van der Waals surface area contributed by atoms with E-state index in [9.17, 15) is 4.79 Å². The fraction of sp³-hybridized carbons (Fsp3) is 0.444. The molecule has 0 saturated carbocycles. The molecule has 7 nitrogen and oxygen atoms in total. The molecule has 2 aromatic carbocycles.